The largest absolute Gasteiger partial charge is 0.465 e. The van der Waals surface area contributed by atoms with E-state index in [1.165, 1.54) is 0 Å². The Kier molecular flexibility index (Phi) is 5.97. The third-order valence-electron chi connectivity index (χ3n) is 2.17. The van der Waals surface area contributed by atoms with Gasteiger partial charge in [0, 0.05) is 11.6 Å². The van der Waals surface area contributed by atoms with Crippen molar-refractivity contribution < 1.29 is 14.6 Å². The van der Waals surface area contributed by atoms with E-state index in [-0.39, 0.29) is 12.5 Å². The lowest BCUT2D eigenvalue weighted by Gasteiger charge is -2.11. The van der Waals surface area contributed by atoms with Gasteiger partial charge < -0.3 is 15.2 Å². The van der Waals surface area contributed by atoms with E-state index in [1.807, 2.05) is 0 Å². The Hall–Kier alpha value is -1.10. The van der Waals surface area contributed by atoms with E-state index in [0.29, 0.717) is 18.2 Å². The highest BCUT2D eigenvalue weighted by atomic mass is 35.5. The zero-order chi connectivity index (χ0) is 12.7. The third-order valence-corrected chi connectivity index (χ3v) is 2.42. The maximum Gasteiger partial charge on any atom is 0.319 e. The van der Waals surface area contributed by atoms with Gasteiger partial charge in [-0.25, -0.2) is 0 Å². The first-order valence-corrected chi connectivity index (χ1v) is 5.81. The number of aliphatic hydroxyl groups is 1. The molecule has 94 valence electrons. The smallest absolute Gasteiger partial charge is 0.319 e. The molecular weight excluding hydrogens is 242 g/mol. The minimum absolute atomic E-state index is 0.0957. The molecule has 0 aliphatic carbocycles. The van der Waals surface area contributed by atoms with Gasteiger partial charge in [0.05, 0.1) is 19.3 Å². The van der Waals surface area contributed by atoms with Gasteiger partial charge in [-0.3, -0.25) is 4.79 Å². The Morgan fingerprint density at radius 1 is 1.47 bits per heavy atom. The van der Waals surface area contributed by atoms with Crippen molar-refractivity contribution in [3.05, 3.63) is 34.9 Å². The fourth-order valence-electron chi connectivity index (χ4n) is 1.33. The molecule has 0 saturated heterocycles. The fourth-order valence-corrected chi connectivity index (χ4v) is 1.45. The quantitative estimate of drug-likeness (QED) is 0.759. The summed E-state index contributed by atoms with van der Waals surface area (Å²) < 4.78 is 4.74. The average molecular weight is 258 g/mol. The fraction of sp³-hybridized carbons (Fsp3) is 0.417. The van der Waals surface area contributed by atoms with Crippen LogP contribution >= 0.6 is 11.6 Å². The number of carbonyl (C=O) groups excluding carboxylic acids is 1. The maximum absolute atomic E-state index is 11.0. The first-order valence-electron chi connectivity index (χ1n) is 5.43. The Morgan fingerprint density at radius 2 is 2.12 bits per heavy atom. The predicted molar refractivity (Wildman–Crippen MR) is 65.9 cm³/mol. The molecule has 17 heavy (non-hydrogen) atoms. The molecule has 0 spiro atoms. The lowest BCUT2D eigenvalue weighted by atomic mass is 10.1. The van der Waals surface area contributed by atoms with E-state index >= 15 is 0 Å². The number of benzene rings is 1. The van der Waals surface area contributed by atoms with Crippen molar-refractivity contribution in [2.24, 2.45) is 0 Å². The highest BCUT2D eigenvalue weighted by Crippen LogP contribution is 2.15. The lowest BCUT2D eigenvalue weighted by Crippen LogP contribution is -2.28. The van der Waals surface area contributed by atoms with Gasteiger partial charge in [-0.2, -0.15) is 0 Å². The topological polar surface area (TPSA) is 58.6 Å². The second kappa shape index (κ2) is 7.27. The van der Waals surface area contributed by atoms with Crippen molar-refractivity contribution in [1.82, 2.24) is 5.32 Å². The number of nitrogens with one attached hydrogen (secondary N) is 1. The second-order valence-corrected chi connectivity index (χ2v) is 3.94. The molecular formula is C12H16ClNO3. The predicted octanol–water partition coefficient (Wildman–Crippen LogP) is 1.53. The molecule has 2 N–H and O–H groups in total. The summed E-state index contributed by atoms with van der Waals surface area (Å²) in [5.41, 5.74) is 0.755. The van der Waals surface area contributed by atoms with E-state index in [0.717, 1.165) is 5.56 Å². The number of ether oxygens (including phenoxy) is 1. The van der Waals surface area contributed by atoms with E-state index in [1.54, 1.807) is 31.2 Å². The van der Waals surface area contributed by atoms with Crippen LogP contribution < -0.4 is 5.32 Å². The summed E-state index contributed by atoms with van der Waals surface area (Å²) >= 11 is 5.74. The van der Waals surface area contributed by atoms with Gasteiger partial charge >= 0.3 is 5.97 Å². The van der Waals surface area contributed by atoms with E-state index in [4.69, 9.17) is 16.3 Å². The molecule has 0 amide bonds. The number of rotatable bonds is 6. The number of halogens is 1. The number of carbonyl (C=O) groups is 1. The minimum Gasteiger partial charge on any atom is -0.465 e. The number of esters is 1. The van der Waals surface area contributed by atoms with Crippen LogP contribution in [0.4, 0.5) is 0 Å². The first kappa shape index (κ1) is 14.0. The average Bonchev–Trinajstić information content (AvgIpc) is 2.30. The SMILES string of the molecule is CCOC(=O)CNCC(O)c1ccc(Cl)cc1. The maximum atomic E-state index is 11.0. The zero-order valence-corrected chi connectivity index (χ0v) is 10.4. The second-order valence-electron chi connectivity index (χ2n) is 3.50. The molecule has 1 unspecified atom stereocenters. The molecule has 0 heterocycles. The van der Waals surface area contributed by atoms with Crippen molar-refractivity contribution in [2.75, 3.05) is 19.7 Å². The Morgan fingerprint density at radius 3 is 2.71 bits per heavy atom. The molecule has 4 nitrogen and oxygen atoms in total. The van der Waals surface area contributed by atoms with Crippen LogP contribution in [0.15, 0.2) is 24.3 Å². The van der Waals surface area contributed by atoms with Crippen LogP contribution in [0.2, 0.25) is 5.02 Å². The van der Waals surface area contributed by atoms with Crippen LogP contribution in [0.3, 0.4) is 0 Å². The lowest BCUT2D eigenvalue weighted by molar-refractivity contribution is -0.142. The molecule has 1 rings (SSSR count). The summed E-state index contributed by atoms with van der Waals surface area (Å²) in [5.74, 6) is -0.323. The monoisotopic (exact) mass is 257 g/mol. The Bertz CT molecular complexity index is 353. The van der Waals surface area contributed by atoms with Crippen molar-refractivity contribution in [2.45, 2.75) is 13.0 Å². The molecule has 0 aliphatic rings. The third kappa shape index (κ3) is 5.17. The van der Waals surface area contributed by atoms with E-state index in [2.05, 4.69) is 5.32 Å². The van der Waals surface area contributed by atoms with Crippen molar-refractivity contribution in [1.29, 1.82) is 0 Å². The summed E-state index contributed by atoms with van der Waals surface area (Å²) in [6.45, 7) is 2.50. The van der Waals surface area contributed by atoms with Gasteiger partial charge in [-0.1, -0.05) is 23.7 Å². The number of hydrogen-bond donors (Lipinski definition) is 2. The molecule has 0 fully saturated rings. The van der Waals surface area contributed by atoms with Crippen LogP contribution in [0.1, 0.15) is 18.6 Å². The van der Waals surface area contributed by atoms with E-state index in [9.17, 15) is 9.90 Å². The summed E-state index contributed by atoms with van der Waals surface area (Å²) in [6, 6.07) is 6.93. The highest BCUT2D eigenvalue weighted by Gasteiger charge is 2.08. The molecule has 0 aliphatic heterocycles. The van der Waals surface area contributed by atoms with Gasteiger partial charge in [0.1, 0.15) is 0 Å². The van der Waals surface area contributed by atoms with Gasteiger partial charge in [0.15, 0.2) is 0 Å². The summed E-state index contributed by atoms with van der Waals surface area (Å²) in [6.07, 6.45) is -0.665. The molecule has 0 bridgehead atoms. The van der Waals surface area contributed by atoms with E-state index < -0.39 is 6.10 Å². The van der Waals surface area contributed by atoms with Crippen LogP contribution in [0, 0.1) is 0 Å². The molecule has 1 aromatic rings. The first-order chi connectivity index (χ1) is 8.13. The van der Waals surface area contributed by atoms with Gasteiger partial charge in [-0.05, 0) is 24.6 Å². The molecule has 0 saturated carbocycles. The zero-order valence-electron chi connectivity index (χ0n) is 9.65. The molecule has 1 aromatic carbocycles. The van der Waals surface area contributed by atoms with Crippen molar-refractivity contribution in [3.63, 3.8) is 0 Å². The van der Waals surface area contributed by atoms with Crippen LogP contribution in [-0.4, -0.2) is 30.8 Å². The van der Waals surface area contributed by atoms with Crippen molar-refractivity contribution >= 4 is 17.6 Å². The normalized spacial score (nSPS) is 12.2. The molecule has 0 radical (unpaired) electrons. The Labute approximate surface area is 106 Å². The molecule has 1 atom stereocenters. The number of aliphatic hydroxyl groups excluding tert-OH is 1. The van der Waals surface area contributed by atoms with Gasteiger partial charge in [0.25, 0.3) is 0 Å². The summed E-state index contributed by atoms with van der Waals surface area (Å²) in [7, 11) is 0. The minimum atomic E-state index is -0.665. The number of hydrogen-bond acceptors (Lipinski definition) is 4. The van der Waals surface area contributed by atoms with Gasteiger partial charge in [0.2, 0.25) is 0 Å². The Balaban J connectivity index is 2.32. The van der Waals surface area contributed by atoms with Crippen LogP contribution in [0.25, 0.3) is 0 Å². The summed E-state index contributed by atoms with van der Waals surface area (Å²) in [5, 5.41) is 13.2. The standard InChI is InChI=1S/C12H16ClNO3/c1-2-17-12(16)8-14-7-11(15)9-3-5-10(13)6-4-9/h3-6,11,14-15H,2,7-8H2,1H3. The molecule has 5 heteroatoms. The van der Waals surface area contributed by atoms with Crippen molar-refractivity contribution in [3.8, 4) is 0 Å². The highest BCUT2D eigenvalue weighted by molar-refractivity contribution is 6.30. The van der Waals surface area contributed by atoms with Crippen LogP contribution in [0.5, 0.6) is 0 Å². The summed E-state index contributed by atoms with van der Waals surface area (Å²) in [4.78, 5) is 11.0. The molecule has 0 aromatic heterocycles. The van der Waals surface area contributed by atoms with Crippen LogP contribution in [-0.2, 0) is 9.53 Å². The van der Waals surface area contributed by atoms with Gasteiger partial charge in [-0.15, -0.1) is 0 Å².